The van der Waals surface area contributed by atoms with Gasteiger partial charge in [0.2, 0.25) is 5.69 Å². The first-order chi connectivity index (χ1) is 6.75. The fraction of sp³-hybridized carbons (Fsp3) is 0. The normalized spacial score (nSPS) is 9.47. The fourth-order valence-electron chi connectivity index (χ4n) is 1.26. The highest BCUT2D eigenvalue weighted by Crippen LogP contribution is 2.19. The van der Waals surface area contributed by atoms with Crippen molar-refractivity contribution in [2.75, 3.05) is 0 Å². The Morgan fingerprint density at radius 2 is 1.33 bits per heavy atom. The Kier molecular flexibility index (Phi) is 4.96. The topological polar surface area (TPSA) is 3.88 Å². The summed E-state index contributed by atoms with van der Waals surface area (Å²) in [7, 11) is 0. The van der Waals surface area contributed by atoms with E-state index < -0.39 is 0 Å². The van der Waals surface area contributed by atoms with Gasteiger partial charge in [-0.3, -0.25) is 0 Å². The van der Waals surface area contributed by atoms with Gasteiger partial charge in [0.15, 0.2) is 12.4 Å². The fourth-order valence-corrected chi connectivity index (χ4v) is 2.53. The zero-order valence-electron chi connectivity index (χ0n) is 7.70. The third kappa shape index (κ3) is 3.40. The number of hydrogen-bond acceptors (Lipinski definition) is 0. The van der Waals surface area contributed by atoms with Gasteiger partial charge in [-0.05, 0) is 6.07 Å². The number of halogens is 3. The third-order valence-corrected chi connectivity index (χ3v) is 2.78. The summed E-state index contributed by atoms with van der Waals surface area (Å²) in [5.74, 6) is 0. The van der Waals surface area contributed by atoms with Crippen LogP contribution in [-0.4, -0.2) is 0 Å². The first-order valence-corrected chi connectivity index (χ1v) is 5.77. The third-order valence-electron chi connectivity index (χ3n) is 1.86. The number of rotatable bonds is 1. The van der Waals surface area contributed by atoms with E-state index >= 15 is 0 Å². The van der Waals surface area contributed by atoms with Crippen LogP contribution in [0.2, 0.25) is 0 Å². The summed E-state index contributed by atoms with van der Waals surface area (Å²) in [4.78, 5) is 0. The van der Waals surface area contributed by atoms with Gasteiger partial charge in [0.1, 0.15) is 0 Å². The average molecular weight is 394 g/mol. The van der Waals surface area contributed by atoms with E-state index in [2.05, 4.69) is 48.6 Å². The Bertz CT molecular complexity index is 423. The van der Waals surface area contributed by atoms with Crippen molar-refractivity contribution in [1.82, 2.24) is 0 Å². The molecule has 1 aromatic carbocycles. The average Bonchev–Trinajstić information content (AvgIpc) is 2.18. The SMILES string of the molecule is Brc1cc(Br)cc(-[n+]2ccccc2)c1.[Br-]. The molecular weight excluding hydrogens is 386 g/mol. The standard InChI is InChI=1S/C11H8Br2N.BrH/c12-9-6-10(13)8-11(7-9)14-4-2-1-3-5-14;/h1-8H;1H/q+1;/p-1. The molecular formula is C11H8Br3N. The van der Waals surface area contributed by atoms with E-state index in [1.54, 1.807) is 0 Å². The molecule has 0 radical (unpaired) electrons. The second kappa shape index (κ2) is 5.77. The number of hydrogen-bond donors (Lipinski definition) is 0. The summed E-state index contributed by atoms with van der Waals surface area (Å²) in [6.45, 7) is 0. The van der Waals surface area contributed by atoms with Crippen molar-refractivity contribution in [3.8, 4) is 5.69 Å². The summed E-state index contributed by atoms with van der Waals surface area (Å²) >= 11 is 6.93. The molecule has 0 unspecified atom stereocenters. The highest BCUT2D eigenvalue weighted by atomic mass is 79.9. The van der Waals surface area contributed by atoms with Gasteiger partial charge in [-0.2, -0.15) is 4.57 Å². The molecule has 4 heteroatoms. The lowest BCUT2D eigenvalue weighted by molar-refractivity contribution is -0.595. The first kappa shape index (κ1) is 12.9. The van der Waals surface area contributed by atoms with Gasteiger partial charge >= 0.3 is 0 Å². The lowest BCUT2D eigenvalue weighted by atomic mass is 10.3. The Balaban J connectivity index is 0.00000112. The van der Waals surface area contributed by atoms with Crippen LogP contribution in [0.4, 0.5) is 0 Å². The van der Waals surface area contributed by atoms with Crippen LogP contribution in [0.1, 0.15) is 0 Å². The minimum Gasteiger partial charge on any atom is -1.00 e. The quantitative estimate of drug-likeness (QED) is 0.621. The van der Waals surface area contributed by atoms with Gasteiger partial charge in [-0.15, -0.1) is 0 Å². The van der Waals surface area contributed by atoms with Crippen LogP contribution in [0.25, 0.3) is 5.69 Å². The van der Waals surface area contributed by atoms with E-state index in [-0.39, 0.29) is 17.0 Å². The van der Waals surface area contributed by atoms with Gasteiger partial charge in [0.05, 0.1) is 0 Å². The van der Waals surface area contributed by atoms with Crippen LogP contribution in [0, 0.1) is 0 Å². The van der Waals surface area contributed by atoms with Crippen molar-refractivity contribution in [1.29, 1.82) is 0 Å². The Labute approximate surface area is 116 Å². The second-order valence-corrected chi connectivity index (χ2v) is 4.74. The molecule has 0 fully saturated rings. The molecule has 0 amide bonds. The molecule has 0 spiro atoms. The predicted octanol–water partition coefficient (Wildman–Crippen LogP) is 0.492. The maximum atomic E-state index is 3.47. The van der Waals surface area contributed by atoms with Crippen LogP contribution in [0.5, 0.6) is 0 Å². The Hall–Kier alpha value is -0.190. The zero-order chi connectivity index (χ0) is 9.97. The van der Waals surface area contributed by atoms with Crippen LogP contribution >= 0.6 is 31.9 Å². The highest BCUT2D eigenvalue weighted by molar-refractivity contribution is 9.11. The molecule has 1 nitrogen and oxygen atoms in total. The first-order valence-electron chi connectivity index (χ1n) is 4.18. The zero-order valence-corrected chi connectivity index (χ0v) is 12.5. The number of benzene rings is 1. The van der Waals surface area contributed by atoms with Gasteiger partial charge in [-0.25, -0.2) is 0 Å². The summed E-state index contributed by atoms with van der Waals surface area (Å²) in [6, 6.07) is 12.2. The van der Waals surface area contributed by atoms with E-state index in [4.69, 9.17) is 0 Å². The maximum Gasteiger partial charge on any atom is 0.212 e. The molecule has 2 aromatic rings. The Morgan fingerprint density at radius 1 is 0.800 bits per heavy atom. The van der Waals surface area contributed by atoms with E-state index in [0.29, 0.717) is 0 Å². The van der Waals surface area contributed by atoms with Crippen molar-refractivity contribution < 1.29 is 21.5 Å². The molecule has 0 aliphatic rings. The molecule has 0 aliphatic heterocycles. The van der Waals surface area contributed by atoms with Crippen molar-refractivity contribution in [3.05, 3.63) is 57.7 Å². The number of aromatic nitrogens is 1. The molecule has 0 saturated carbocycles. The smallest absolute Gasteiger partial charge is 0.212 e. The highest BCUT2D eigenvalue weighted by Gasteiger charge is 2.05. The summed E-state index contributed by atoms with van der Waals surface area (Å²) < 4.78 is 4.20. The molecule has 1 aromatic heterocycles. The van der Waals surface area contributed by atoms with Crippen molar-refractivity contribution >= 4 is 31.9 Å². The lowest BCUT2D eigenvalue weighted by Crippen LogP contribution is -3.00. The summed E-state index contributed by atoms with van der Waals surface area (Å²) in [6.07, 6.45) is 4.04. The summed E-state index contributed by atoms with van der Waals surface area (Å²) in [5.41, 5.74) is 1.13. The minimum atomic E-state index is 0. The van der Waals surface area contributed by atoms with E-state index in [0.717, 1.165) is 14.6 Å². The molecule has 15 heavy (non-hydrogen) atoms. The number of pyridine rings is 1. The largest absolute Gasteiger partial charge is 1.00 e. The molecule has 1 heterocycles. The van der Waals surface area contributed by atoms with Gasteiger partial charge in [-0.1, -0.05) is 37.9 Å². The summed E-state index contributed by atoms with van der Waals surface area (Å²) in [5, 5.41) is 0. The number of nitrogens with zero attached hydrogens (tertiary/aromatic N) is 1. The Morgan fingerprint density at radius 3 is 1.87 bits per heavy atom. The van der Waals surface area contributed by atoms with Gasteiger partial charge < -0.3 is 17.0 Å². The van der Waals surface area contributed by atoms with Crippen LogP contribution in [0.15, 0.2) is 57.7 Å². The van der Waals surface area contributed by atoms with Gasteiger partial charge in [0, 0.05) is 33.2 Å². The van der Waals surface area contributed by atoms with Crippen molar-refractivity contribution in [3.63, 3.8) is 0 Å². The maximum absolute atomic E-state index is 3.47. The molecule has 0 atom stereocenters. The predicted molar refractivity (Wildman–Crippen MR) is 63.4 cm³/mol. The molecule has 78 valence electrons. The molecule has 0 bridgehead atoms. The van der Waals surface area contributed by atoms with Gasteiger partial charge in [0.25, 0.3) is 0 Å². The van der Waals surface area contributed by atoms with E-state index in [1.165, 1.54) is 0 Å². The minimum absolute atomic E-state index is 0. The van der Waals surface area contributed by atoms with Crippen LogP contribution in [-0.2, 0) is 0 Å². The van der Waals surface area contributed by atoms with E-state index in [9.17, 15) is 0 Å². The van der Waals surface area contributed by atoms with Crippen molar-refractivity contribution in [2.45, 2.75) is 0 Å². The monoisotopic (exact) mass is 391 g/mol. The lowest BCUT2D eigenvalue weighted by Gasteiger charge is -1.97. The molecule has 0 aliphatic carbocycles. The van der Waals surface area contributed by atoms with Crippen LogP contribution < -0.4 is 21.5 Å². The molecule has 2 rings (SSSR count). The second-order valence-electron chi connectivity index (χ2n) is 2.91. The molecule has 0 saturated heterocycles. The van der Waals surface area contributed by atoms with Crippen molar-refractivity contribution in [2.24, 2.45) is 0 Å². The van der Waals surface area contributed by atoms with Crippen LogP contribution in [0.3, 0.4) is 0 Å². The molecule has 0 N–H and O–H groups in total. The van der Waals surface area contributed by atoms with E-state index in [1.807, 2.05) is 36.7 Å².